The van der Waals surface area contributed by atoms with E-state index in [2.05, 4.69) is 9.97 Å². The number of aromatic nitrogens is 2. The highest BCUT2D eigenvalue weighted by molar-refractivity contribution is 6.03. The second kappa shape index (κ2) is 8.61. The lowest BCUT2D eigenvalue weighted by atomic mass is 9.76. The number of halogens is 4. The van der Waals surface area contributed by atoms with Gasteiger partial charge in [0.2, 0.25) is 0 Å². The molecule has 176 valence electrons. The van der Waals surface area contributed by atoms with Gasteiger partial charge in [-0.2, -0.15) is 13.2 Å². The number of primary amides is 1. The standard InChI is InChI=1S/C15H18F4.C9H7N3O2/c1-10-8-11(4-5-12(10)16)13(2)6-7-14(3,9-13)15(17,18)19;10-9(14)8-7-5(1-3-12-8)11-4-2-6(7)13/h4-5,8H,6-7,9H2,1-3H3;1-4H,(H2,10,14)(H,11,13)/t13-,14+;/m1./s1. The average Bonchev–Trinajstić information content (AvgIpc) is 3.07. The van der Waals surface area contributed by atoms with Gasteiger partial charge in [0.25, 0.3) is 5.91 Å². The maximum absolute atomic E-state index is 13.3. The number of aromatic amines is 1. The highest BCUT2D eigenvalue weighted by Gasteiger charge is 2.58. The van der Waals surface area contributed by atoms with E-state index in [9.17, 15) is 27.2 Å². The van der Waals surface area contributed by atoms with Crippen LogP contribution in [0.5, 0.6) is 0 Å². The Labute approximate surface area is 188 Å². The maximum Gasteiger partial charge on any atom is 0.394 e. The summed E-state index contributed by atoms with van der Waals surface area (Å²) in [6, 6.07) is 7.58. The third kappa shape index (κ3) is 4.77. The summed E-state index contributed by atoms with van der Waals surface area (Å²) in [6.45, 7) is 4.77. The van der Waals surface area contributed by atoms with E-state index < -0.39 is 22.9 Å². The van der Waals surface area contributed by atoms with Crippen LogP contribution in [0.4, 0.5) is 17.6 Å². The summed E-state index contributed by atoms with van der Waals surface area (Å²) in [5.41, 5.74) is 4.52. The van der Waals surface area contributed by atoms with E-state index in [1.807, 2.05) is 6.92 Å². The zero-order chi connectivity index (χ0) is 24.6. The molecule has 0 bridgehead atoms. The Morgan fingerprint density at radius 3 is 2.42 bits per heavy atom. The van der Waals surface area contributed by atoms with Gasteiger partial charge in [0.15, 0.2) is 5.43 Å². The molecule has 1 aromatic carbocycles. The fraction of sp³-hybridized carbons (Fsp3) is 0.375. The molecule has 3 aromatic rings. The van der Waals surface area contributed by atoms with E-state index in [1.165, 1.54) is 31.5 Å². The number of hydrogen-bond donors (Lipinski definition) is 2. The van der Waals surface area contributed by atoms with Crippen LogP contribution in [0.1, 0.15) is 54.7 Å². The van der Waals surface area contributed by atoms with Gasteiger partial charge in [-0.15, -0.1) is 0 Å². The van der Waals surface area contributed by atoms with Crippen LogP contribution in [0, 0.1) is 18.2 Å². The first-order chi connectivity index (χ1) is 15.3. The molecule has 2 aromatic heterocycles. The van der Waals surface area contributed by atoms with Gasteiger partial charge in [0.05, 0.1) is 16.3 Å². The molecular formula is C24H25F4N3O2. The zero-order valence-electron chi connectivity index (χ0n) is 18.5. The van der Waals surface area contributed by atoms with E-state index in [0.29, 0.717) is 17.5 Å². The molecule has 0 unspecified atom stereocenters. The molecule has 2 atom stereocenters. The first kappa shape index (κ1) is 24.4. The number of aryl methyl sites for hydroxylation is 1. The van der Waals surface area contributed by atoms with E-state index in [-0.39, 0.29) is 35.2 Å². The fourth-order valence-corrected chi connectivity index (χ4v) is 4.41. The van der Waals surface area contributed by atoms with Crippen molar-refractivity contribution < 1.29 is 22.4 Å². The Morgan fingerprint density at radius 2 is 1.85 bits per heavy atom. The molecule has 4 rings (SSSR count). The SMILES string of the molecule is Cc1cc([C@]2(C)CC[C@](C)(C(F)(F)F)C2)ccc1F.NC(=O)c1nccc2[nH]ccc(=O)c12. The lowest BCUT2D eigenvalue weighted by molar-refractivity contribution is -0.216. The largest absolute Gasteiger partial charge is 0.394 e. The van der Waals surface area contributed by atoms with Crippen molar-refractivity contribution in [3.63, 3.8) is 0 Å². The number of nitrogens with one attached hydrogen (secondary N) is 1. The van der Waals surface area contributed by atoms with Crippen LogP contribution in [0.25, 0.3) is 10.9 Å². The number of nitrogens with two attached hydrogens (primary N) is 1. The van der Waals surface area contributed by atoms with Crippen LogP contribution in [0.2, 0.25) is 0 Å². The number of hydrogen-bond acceptors (Lipinski definition) is 3. The number of fused-ring (bicyclic) bond motifs is 1. The van der Waals surface area contributed by atoms with Crippen LogP contribution in [0.3, 0.4) is 0 Å². The predicted octanol–water partition coefficient (Wildman–Crippen LogP) is 5.17. The molecule has 0 radical (unpaired) electrons. The summed E-state index contributed by atoms with van der Waals surface area (Å²) in [6.07, 6.45) is -0.570. The molecule has 0 spiro atoms. The van der Waals surface area contributed by atoms with E-state index in [4.69, 9.17) is 5.73 Å². The van der Waals surface area contributed by atoms with Gasteiger partial charge in [-0.05, 0) is 54.9 Å². The molecule has 1 fully saturated rings. The van der Waals surface area contributed by atoms with Crippen LogP contribution >= 0.6 is 0 Å². The summed E-state index contributed by atoms with van der Waals surface area (Å²) >= 11 is 0. The van der Waals surface area contributed by atoms with Crippen molar-refractivity contribution in [2.24, 2.45) is 11.1 Å². The lowest BCUT2D eigenvalue weighted by Crippen LogP contribution is -2.34. The van der Waals surface area contributed by atoms with Gasteiger partial charge in [-0.1, -0.05) is 26.0 Å². The van der Waals surface area contributed by atoms with Crippen molar-refractivity contribution in [3.8, 4) is 0 Å². The van der Waals surface area contributed by atoms with Crippen molar-refractivity contribution in [1.29, 1.82) is 0 Å². The number of H-pyrrole nitrogens is 1. The normalized spacial score (nSPS) is 22.6. The van der Waals surface area contributed by atoms with Gasteiger partial charge >= 0.3 is 6.18 Å². The first-order valence-corrected chi connectivity index (χ1v) is 10.4. The first-order valence-electron chi connectivity index (χ1n) is 10.4. The van der Waals surface area contributed by atoms with Crippen molar-refractivity contribution in [2.45, 2.75) is 51.6 Å². The molecule has 0 saturated heterocycles. The molecule has 3 N–H and O–H groups in total. The maximum atomic E-state index is 13.3. The Hall–Kier alpha value is -3.23. The van der Waals surface area contributed by atoms with E-state index in [1.54, 1.807) is 25.1 Å². The van der Waals surface area contributed by atoms with Crippen LogP contribution in [0.15, 0.2) is 47.5 Å². The van der Waals surface area contributed by atoms with Crippen LogP contribution in [-0.4, -0.2) is 22.1 Å². The van der Waals surface area contributed by atoms with Crippen molar-refractivity contribution in [1.82, 2.24) is 9.97 Å². The van der Waals surface area contributed by atoms with E-state index >= 15 is 0 Å². The highest BCUT2D eigenvalue weighted by Crippen LogP contribution is 2.57. The third-order valence-electron chi connectivity index (χ3n) is 6.45. The van der Waals surface area contributed by atoms with Crippen LogP contribution < -0.4 is 11.2 Å². The molecule has 9 heteroatoms. The molecule has 1 amide bonds. The fourth-order valence-electron chi connectivity index (χ4n) is 4.41. The monoisotopic (exact) mass is 463 g/mol. The molecule has 5 nitrogen and oxygen atoms in total. The Kier molecular flexibility index (Phi) is 6.37. The summed E-state index contributed by atoms with van der Waals surface area (Å²) in [4.78, 5) is 29.0. The summed E-state index contributed by atoms with van der Waals surface area (Å²) in [5.74, 6) is -1.02. The number of rotatable bonds is 2. The Morgan fingerprint density at radius 1 is 1.15 bits per heavy atom. The third-order valence-corrected chi connectivity index (χ3v) is 6.45. The Bertz CT molecular complexity index is 1250. The molecule has 33 heavy (non-hydrogen) atoms. The topological polar surface area (TPSA) is 88.8 Å². The lowest BCUT2D eigenvalue weighted by Gasteiger charge is -2.31. The summed E-state index contributed by atoms with van der Waals surface area (Å²) < 4.78 is 52.5. The van der Waals surface area contributed by atoms with Gasteiger partial charge in [-0.25, -0.2) is 4.39 Å². The molecule has 1 saturated carbocycles. The number of carbonyl (C=O) groups is 1. The molecule has 2 heterocycles. The van der Waals surface area contributed by atoms with Gasteiger partial charge in [-0.3, -0.25) is 14.6 Å². The van der Waals surface area contributed by atoms with Gasteiger partial charge in [0, 0.05) is 18.5 Å². The van der Waals surface area contributed by atoms with Gasteiger partial charge < -0.3 is 10.7 Å². The minimum Gasteiger partial charge on any atom is -0.364 e. The number of nitrogens with zero attached hydrogens (tertiary/aromatic N) is 1. The quantitative estimate of drug-likeness (QED) is 0.514. The molecular weight excluding hydrogens is 438 g/mol. The molecule has 1 aliphatic carbocycles. The van der Waals surface area contributed by atoms with Crippen molar-refractivity contribution in [3.05, 3.63) is 75.6 Å². The second-order valence-corrected chi connectivity index (χ2v) is 9.05. The van der Waals surface area contributed by atoms with Gasteiger partial charge in [0.1, 0.15) is 11.5 Å². The number of carbonyl (C=O) groups excluding carboxylic acids is 1. The molecule has 1 aliphatic rings. The van der Waals surface area contributed by atoms with Crippen molar-refractivity contribution >= 4 is 16.8 Å². The average molecular weight is 463 g/mol. The minimum absolute atomic E-state index is 0.00403. The Balaban J connectivity index is 0.000000194. The minimum atomic E-state index is -4.18. The van der Waals surface area contributed by atoms with E-state index in [0.717, 1.165) is 5.56 Å². The van der Waals surface area contributed by atoms with Crippen LogP contribution in [-0.2, 0) is 5.41 Å². The molecule has 0 aliphatic heterocycles. The predicted molar refractivity (Wildman–Crippen MR) is 117 cm³/mol. The zero-order valence-corrected chi connectivity index (χ0v) is 18.5. The summed E-state index contributed by atoms with van der Waals surface area (Å²) in [5, 5.41) is 0.238. The smallest absolute Gasteiger partial charge is 0.364 e. The number of alkyl halides is 3. The second-order valence-electron chi connectivity index (χ2n) is 9.05. The van der Waals surface area contributed by atoms with Crippen molar-refractivity contribution in [2.75, 3.05) is 0 Å². The number of amides is 1. The highest BCUT2D eigenvalue weighted by atomic mass is 19.4. The number of benzene rings is 1. The summed E-state index contributed by atoms with van der Waals surface area (Å²) in [7, 11) is 0. The number of pyridine rings is 2.